The zero-order valence-corrected chi connectivity index (χ0v) is 14.7. The molecule has 1 aromatic carbocycles. The molecule has 2 heterocycles. The monoisotopic (exact) mass is 365 g/mol. The molecule has 6 nitrogen and oxygen atoms in total. The first-order valence-corrected chi connectivity index (χ1v) is 8.96. The Kier molecular flexibility index (Phi) is 5.95. The van der Waals surface area contributed by atoms with Gasteiger partial charge < -0.3 is 9.47 Å². The number of carbonyl (C=O) groups is 1. The zero-order chi connectivity index (χ0) is 17.6. The van der Waals surface area contributed by atoms with Gasteiger partial charge in [0.05, 0.1) is 18.9 Å². The van der Waals surface area contributed by atoms with E-state index < -0.39 is 6.10 Å². The number of nitrogens with zero attached hydrogens (tertiary/aromatic N) is 2. The summed E-state index contributed by atoms with van der Waals surface area (Å²) in [5.74, 6) is -0.201. The highest BCUT2D eigenvalue weighted by Crippen LogP contribution is 2.19. The van der Waals surface area contributed by atoms with Crippen LogP contribution in [0.25, 0.3) is 0 Å². The summed E-state index contributed by atoms with van der Waals surface area (Å²) in [5.41, 5.74) is 0.925. The number of hydrogen-bond acceptors (Lipinski definition) is 6. The lowest BCUT2D eigenvalue weighted by atomic mass is 10.3. The predicted octanol–water partition coefficient (Wildman–Crippen LogP) is 2.52. The topological polar surface area (TPSA) is 63.7 Å². The van der Waals surface area contributed by atoms with Crippen molar-refractivity contribution >= 4 is 22.4 Å². The Hall–Kier alpha value is -2.03. The third kappa shape index (κ3) is 5.22. The molecular formula is C17H20FN3O3S. The summed E-state index contributed by atoms with van der Waals surface area (Å²) in [7, 11) is 0. The molecule has 1 fully saturated rings. The zero-order valence-electron chi connectivity index (χ0n) is 13.9. The van der Waals surface area contributed by atoms with Gasteiger partial charge in [-0.1, -0.05) is 0 Å². The van der Waals surface area contributed by atoms with Crippen LogP contribution in [-0.2, 0) is 16.1 Å². The smallest absolute Gasteiger partial charge is 0.266 e. The van der Waals surface area contributed by atoms with Crippen LogP contribution in [-0.4, -0.2) is 48.2 Å². The standard InChI is InChI=1S/C17H20FN3O3S/c1-12(24-15-4-2-13(18)3-5-15)16(22)20-17-19-14(11-25-17)10-21-6-8-23-9-7-21/h2-5,11-12H,6-10H2,1H3,(H,19,20,22)/t12-/m1/s1. The van der Waals surface area contributed by atoms with Gasteiger partial charge in [-0.3, -0.25) is 15.0 Å². The van der Waals surface area contributed by atoms with Crippen molar-refractivity contribution in [1.82, 2.24) is 9.88 Å². The molecule has 1 amide bonds. The van der Waals surface area contributed by atoms with Gasteiger partial charge in [0.1, 0.15) is 11.6 Å². The van der Waals surface area contributed by atoms with Gasteiger partial charge in [-0.25, -0.2) is 9.37 Å². The maximum Gasteiger partial charge on any atom is 0.266 e. The quantitative estimate of drug-likeness (QED) is 0.852. The average molecular weight is 365 g/mol. The van der Waals surface area contributed by atoms with Crippen LogP contribution in [0.15, 0.2) is 29.6 Å². The maximum absolute atomic E-state index is 12.9. The summed E-state index contributed by atoms with van der Waals surface area (Å²) in [5, 5.41) is 5.24. The molecule has 2 aromatic rings. The Morgan fingerprint density at radius 2 is 2.12 bits per heavy atom. The minimum Gasteiger partial charge on any atom is -0.481 e. The van der Waals surface area contributed by atoms with Gasteiger partial charge >= 0.3 is 0 Å². The molecule has 1 aromatic heterocycles. The summed E-state index contributed by atoms with van der Waals surface area (Å²) in [6.45, 7) is 5.65. The van der Waals surface area contributed by atoms with Crippen LogP contribution in [0.1, 0.15) is 12.6 Å². The van der Waals surface area contributed by atoms with Gasteiger partial charge in [-0.15, -0.1) is 11.3 Å². The molecule has 0 spiro atoms. The summed E-state index contributed by atoms with van der Waals surface area (Å²) >= 11 is 1.39. The second-order valence-electron chi connectivity index (χ2n) is 5.74. The fourth-order valence-electron chi connectivity index (χ4n) is 2.40. The Morgan fingerprint density at radius 3 is 2.84 bits per heavy atom. The van der Waals surface area contributed by atoms with Crippen molar-refractivity contribution in [3.05, 3.63) is 41.2 Å². The molecule has 25 heavy (non-hydrogen) atoms. The summed E-state index contributed by atoms with van der Waals surface area (Å²) < 4.78 is 23.7. The molecular weight excluding hydrogens is 345 g/mol. The number of nitrogens with one attached hydrogen (secondary N) is 1. The van der Waals surface area contributed by atoms with Crippen LogP contribution in [0.5, 0.6) is 5.75 Å². The Balaban J connectivity index is 1.51. The molecule has 0 bridgehead atoms. The molecule has 8 heteroatoms. The van der Waals surface area contributed by atoms with E-state index in [4.69, 9.17) is 9.47 Å². The van der Waals surface area contributed by atoms with Gasteiger partial charge in [0.15, 0.2) is 11.2 Å². The van der Waals surface area contributed by atoms with Gasteiger partial charge in [-0.2, -0.15) is 0 Å². The number of amides is 1. The fraction of sp³-hybridized carbons (Fsp3) is 0.412. The highest BCUT2D eigenvalue weighted by molar-refractivity contribution is 7.13. The van der Waals surface area contributed by atoms with E-state index in [2.05, 4.69) is 15.2 Å². The first kappa shape index (κ1) is 17.8. The number of carbonyl (C=O) groups excluding carboxylic acids is 1. The molecule has 1 atom stereocenters. The van der Waals surface area contributed by atoms with Gasteiger partial charge in [-0.05, 0) is 31.2 Å². The van der Waals surface area contributed by atoms with Crippen LogP contribution in [0.3, 0.4) is 0 Å². The van der Waals surface area contributed by atoms with Crippen molar-refractivity contribution in [2.24, 2.45) is 0 Å². The second-order valence-corrected chi connectivity index (χ2v) is 6.59. The van der Waals surface area contributed by atoms with E-state index in [-0.39, 0.29) is 11.7 Å². The van der Waals surface area contributed by atoms with Crippen molar-refractivity contribution in [3.63, 3.8) is 0 Å². The fourth-order valence-corrected chi connectivity index (χ4v) is 3.11. The van der Waals surface area contributed by atoms with Crippen molar-refractivity contribution in [2.45, 2.75) is 19.6 Å². The lowest BCUT2D eigenvalue weighted by molar-refractivity contribution is -0.122. The third-order valence-corrected chi connectivity index (χ3v) is 4.57. The summed E-state index contributed by atoms with van der Waals surface area (Å²) in [6, 6.07) is 5.56. The van der Waals surface area contributed by atoms with Crippen LogP contribution in [0.2, 0.25) is 0 Å². The molecule has 0 unspecified atom stereocenters. The van der Waals surface area contributed by atoms with Gasteiger partial charge in [0.25, 0.3) is 5.91 Å². The minimum atomic E-state index is -0.711. The molecule has 1 aliphatic rings. The second kappa shape index (κ2) is 8.37. The van der Waals surface area contributed by atoms with E-state index in [9.17, 15) is 9.18 Å². The lowest BCUT2D eigenvalue weighted by Gasteiger charge is -2.25. The molecule has 3 rings (SSSR count). The van der Waals surface area contributed by atoms with Crippen LogP contribution >= 0.6 is 11.3 Å². The number of halogens is 1. The number of benzene rings is 1. The normalized spacial score (nSPS) is 16.4. The van der Waals surface area contributed by atoms with Gasteiger partial charge in [0.2, 0.25) is 0 Å². The van der Waals surface area contributed by atoms with Crippen molar-refractivity contribution in [1.29, 1.82) is 0 Å². The average Bonchev–Trinajstić information content (AvgIpc) is 3.04. The number of aromatic nitrogens is 1. The Labute approximate surface area is 149 Å². The Morgan fingerprint density at radius 1 is 1.40 bits per heavy atom. The maximum atomic E-state index is 12.9. The first-order chi connectivity index (χ1) is 12.1. The lowest BCUT2D eigenvalue weighted by Crippen LogP contribution is -2.35. The summed E-state index contributed by atoms with van der Waals surface area (Å²) in [4.78, 5) is 18.9. The number of ether oxygens (including phenoxy) is 2. The highest BCUT2D eigenvalue weighted by atomic mass is 32.1. The SMILES string of the molecule is C[C@@H](Oc1ccc(F)cc1)C(=O)Nc1nc(CN2CCOCC2)cs1. The molecule has 0 radical (unpaired) electrons. The van der Waals surface area contributed by atoms with Crippen LogP contribution < -0.4 is 10.1 Å². The van der Waals surface area contributed by atoms with E-state index in [0.29, 0.717) is 10.9 Å². The van der Waals surface area contributed by atoms with E-state index >= 15 is 0 Å². The molecule has 0 aliphatic carbocycles. The number of hydrogen-bond donors (Lipinski definition) is 1. The molecule has 134 valence electrons. The molecule has 0 saturated carbocycles. The Bertz CT molecular complexity index is 701. The minimum absolute atomic E-state index is 0.295. The largest absolute Gasteiger partial charge is 0.481 e. The van der Waals surface area contributed by atoms with E-state index in [1.54, 1.807) is 6.92 Å². The van der Waals surface area contributed by atoms with E-state index in [1.165, 1.54) is 35.6 Å². The van der Waals surface area contributed by atoms with Crippen molar-refractivity contribution in [3.8, 4) is 5.75 Å². The van der Waals surface area contributed by atoms with Gasteiger partial charge in [0, 0.05) is 25.0 Å². The first-order valence-electron chi connectivity index (χ1n) is 8.08. The van der Waals surface area contributed by atoms with Crippen LogP contribution in [0.4, 0.5) is 9.52 Å². The predicted molar refractivity (Wildman–Crippen MR) is 93.3 cm³/mol. The molecule has 1 saturated heterocycles. The highest BCUT2D eigenvalue weighted by Gasteiger charge is 2.17. The number of thiazole rings is 1. The number of rotatable bonds is 6. The van der Waals surface area contributed by atoms with E-state index in [0.717, 1.165) is 38.5 Å². The van der Waals surface area contributed by atoms with Crippen molar-refractivity contribution in [2.75, 3.05) is 31.6 Å². The molecule has 1 N–H and O–H groups in total. The summed E-state index contributed by atoms with van der Waals surface area (Å²) in [6.07, 6.45) is -0.711. The third-order valence-electron chi connectivity index (χ3n) is 3.77. The molecule has 1 aliphatic heterocycles. The van der Waals surface area contributed by atoms with E-state index in [1.807, 2.05) is 5.38 Å². The van der Waals surface area contributed by atoms with Crippen LogP contribution in [0, 0.1) is 5.82 Å². The number of morpholine rings is 1. The number of anilines is 1. The van der Waals surface area contributed by atoms with Crippen molar-refractivity contribution < 1.29 is 18.7 Å².